The van der Waals surface area contributed by atoms with Crippen LogP contribution >= 0.6 is 11.6 Å². The third-order valence-corrected chi connectivity index (χ3v) is 3.30. The summed E-state index contributed by atoms with van der Waals surface area (Å²) < 4.78 is 0. The highest BCUT2D eigenvalue weighted by Gasteiger charge is 2.03. The van der Waals surface area contributed by atoms with Crippen molar-refractivity contribution < 1.29 is 0 Å². The summed E-state index contributed by atoms with van der Waals surface area (Å²) in [5.41, 5.74) is 10.0. The smallest absolute Gasteiger partial charge is 0.0635 e. The molecule has 0 aliphatic rings. The molecule has 0 radical (unpaired) electrons. The van der Waals surface area contributed by atoms with E-state index in [1.54, 1.807) is 0 Å². The second-order valence-electron chi connectivity index (χ2n) is 4.55. The van der Waals surface area contributed by atoms with Gasteiger partial charge in [-0.05, 0) is 36.8 Å². The first-order valence-electron chi connectivity index (χ1n) is 5.88. The van der Waals surface area contributed by atoms with Gasteiger partial charge < -0.3 is 10.6 Å². The molecule has 2 aromatic carbocycles. The van der Waals surface area contributed by atoms with Crippen molar-refractivity contribution in [3.63, 3.8) is 0 Å². The fraction of sp³-hybridized carbons (Fsp3) is 0.200. The first kappa shape index (κ1) is 12.8. The first-order valence-corrected chi connectivity index (χ1v) is 6.26. The number of halogens is 1. The summed E-state index contributed by atoms with van der Waals surface area (Å²) in [6.07, 6.45) is 0. The molecule has 94 valence electrons. The Morgan fingerprint density at radius 1 is 1.11 bits per heavy atom. The maximum absolute atomic E-state index is 5.91. The molecule has 2 aromatic rings. The van der Waals surface area contributed by atoms with Crippen LogP contribution in [0.25, 0.3) is 0 Å². The van der Waals surface area contributed by atoms with Crippen molar-refractivity contribution in [3.8, 4) is 0 Å². The average molecular weight is 261 g/mol. The highest BCUT2D eigenvalue weighted by molar-refractivity contribution is 6.33. The molecule has 0 bridgehead atoms. The topological polar surface area (TPSA) is 29.3 Å². The minimum absolute atomic E-state index is 0.608. The molecule has 0 aliphatic heterocycles. The lowest BCUT2D eigenvalue weighted by Gasteiger charge is -2.20. The SMILES string of the molecule is Cc1ccc(N(C)Cc2ccc(Cl)c(N)c2)cc1. The molecule has 0 saturated heterocycles. The van der Waals surface area contributed by atoms with Crippen molar-refractivity contribution in [1.82, 2.24) is 0 Å². The zero-order chi connectivity index (χ0) is 13.1. The standard InChI is InChI=1S/C15H17ClN2/c1-11-3-6-13(7-4-11)18(2)10-12-5-8-14(16)15(17)9-12/h3-9H,10,17H2,1-2H3. The van der Waals surface area contributed by atoms with Crippen LogP contribution in [0.2, 0.25) is 5.02 Å². The molecule has 0 aliphatic carbocycles. The van der Waals surface area contributed by atoms with Crippen LogP contribution < -0.4 is 10.6 Å². The predicted molar refractivity (Wildman–Crippen MR) is 79.2 cm³/mol. The summed E-state index contributed by atoms with van der Waals surface area (Å²) >= 11 is 5.91. The molecule has 0 spiro atoms. The average Bonchev–Trinajstić information content (AvgIpc) is 2.34. The lowest BCUT2D eigenvalue weighted by molar-refractivity contribution is 0.923. The van der Waals surface area contributed by atoms with Gasteiger partial charge in [-0.3, -0.25) is 0 Å². The molecule has 0 heterocycles. The highest BCUT2D eigenvalue weighted by atomic mass is 35.5. The van der Waals surface area contributed by atoms with Gasteiger partial charge in [-0.1, -0.05) is 35.4 Å². The van der Waals surface area contributed by atoms with E-state index in [0.29, 0.717) is 10.7 Å². The van der Waals surface area contributed by atoms with Crippen molar-refractivity contribution in [1.29, 1.82) is 0 Å². The van der Waals surface area contributed by atoms with Crippen molar-refractivity contribution in [2.75, 3.05) is 17.7 Å². The summed E-state index contributed by atoms with van der Waals surface area (Å²) in [5.74, 6) is 0. The lowest BCUT2D eigenvalue weighted by atomic mass is 10.1. The zero-order valence-electron chi connectivity index (χ0n) is 10.7. The van der Waals surface area contributed by atoms with E-state index < -0.39 is 0 Å². The maximum atomic E-state index is 5.91. The molecule has 0 atom stereocenters. The van der Waals surface area contributed by atoms with E-state index in [0.717, 1.165) is 12.1 Å². The van der Waals surface area contributed by atoms with Gasteiger partial charge in [-0.2, -0.15) is 0 Å². The summed E-state index contributed by atoms with van der Waals surface area (Å²) in [6, 6.07) is 14.2. The first-order chi connectivity index (χ1) is 8.56. The number of aryl methyl sites for hydroxylation is 1. The fourth-order valence-corrected chi connectivity index (χ4v) is 1.97. The molecule has 0 fully saturated rings. The largest absolute Gasteiger partial charge is 0.398 e. The van der Waals surface area contributed by atoms with Crippen molar-refractivity contribution in [2.45, 2.75) is 13.5 Å². The number of hydrogen-bond acceptors (Lipinski definition) is 2. The summed E-state index contributed by atoms with van der Waals surface area (Å²) in [7, 11) is 2.06. The van der Waals surface area contributed by atoms with Crippen molar-refractivity contribution >= 4 is 23.0 Å². The van der Waals surface area contributed by atoms with Crippen LogP contribution in [0.15, 0.2) is 42.5 Å². The Morgan fingerprint density at radius 2 is 1.78 bits per heavy atom. The van der Waals surface area contributed by atoms with E-state index >= 15 is 0 Å². The third-order valence-electron chi connectivity index (χ3n) is 2.95. The minimum Gasteiger partial charge on any atom is -0.398 e. The van der Waals surface area contributed by atoms with Crippen molar-refractivity contribution in [3.05, 3.63) is 58.6 Å². The second-order valence-corrected chi connectivity index (χ2v) is 4.95. The fourth-order valence-electron chi connectivity index (χ4n) is 1.86. The number of anilines is 2. The molecule has 2 nitrogen and oxygen atoms in total. The molecule has 0 unspecified atom stereocenters. The van der Waals surface area contributed by atoms with Crippen LogP contribution in [0, 0.1) is 6.92 Å². The van der Waals surface area contributed by atoms with Gasteiger partial charge in [0.15, 0.2) is 0 Å². The van der Waals surface area contributed by atoms with Crippen LogP contribution in [0.3, 0.4) is 0 Å². The summed E-state index contributed by atoms with van der Waals surface area (Å²) in [4.78, 5) is 2.18. The van der Waals surface area contributed by atoms with Crippen LogP contribution in [0.5, 0.6) is 0 Å². The van der Waals surface area contributed by atoms with Gasteiger partial charge in [-0.25, -0.2) is 0 Å². The van der Waals surface area contributed by atoms with E-state index in [2.05, 4.69) is 43.1 Å². The Labute approximate surface area is 113 Å². The molecule has 2 rings (SSSR count). The quantitative estimate of drug-likeness (QED) is 0.849. The zero-order valence-corrected chi connectivity index (χ0v) is 11.4. The van der Waals surface area contributed by atoms with Gasteiger partial charge >= 0.3 is 0 Å². The number of nitrogens with zero attached hydrogens (tertiary/aromatic N) is 1. The van der Waals surface area contributed by atoms with Gasteiger partial charge in [0.25, 0.3) is 0 Å². The van der Waals surface area contributed by atoms with Gasteiger partial charge in [0.05, 0.1) is 10.7 Å². The second kappa shape index (κ2) is 5.32. The number of nitrogens with two attached hydrogens (primary N) is 1. The molecular formula is C15H17ClN2. The number of rotatable bonds is 3. The predicted octanol–water partition coefficient (Wildman–Crippen LogP) is 3.87. The Kier molecular flexibility index (Phi) is 3.78. The van der Waals surface area contributed by atoms with E-state index in [1.807, 2.05) is 18.2 Å². The van der Waals surface area contributed by atoms with Crippen LogP contribution in [0.4, 0.5) is 11.4 Å². The monoisotopic (exact) mass is 260 g/mol. The Balaban J connectivity index is 2.13. The number of hydrogen-bond donors (Lipinski definition) is 1. The molecular weight excluding hydrogens is 244 g/mol. The Hall–Kier alpha value is -1.67. The Morgan fingerprint density at radius 3 is 2.39 bits per heavy atom. The van der Waals surface area contributed by atoms with E-state index in [1.165, 1.54) is 11.3 Å². The number of nitrogen functional groups attached to an aromatic ring is 1. The molecule has 18 heavy (non-hydrogen) atoms. The molecule has 2 N–H and O–H groups in total. The van der Waals surface area contributed by atoms with E-state index in [4.69, 9.17) is 17.3 Å². The molecule has 0 aromatic heterocycles. The van der Waals surface area contributed by atoms with Gasteiger partial charge in [-0.15, -0.1) is 0 Å². The van der Waals surface area contributed by atoms with Crippen LogP contribution in [-0.2, 0) is 6.54 Å². The van der Waals surface area contributed by atoms with E-state index in [-0.39, 0.29) is 0 Å². The number of benzene rings is 2. The summed E-state index contributed by atoms with van der Waals surface area (Å²) in [6.45, 7) is 2.90. The lowest BCUT2D eigenvalue weighted by Crippen LogP contribution is -2.16. The molecule has 0 amide bonds. The maximum Gasteiger partial charge on any atom is 0.0635 e. The molecule has 3 heteroatoms. The van der Waals surface area contributed by atoms with Crippen LogP contribution in [0.1, 0.15) is 11.1 Å². The Bertz CT molecular complexity index is 535. The molecule has 0 saturated carbocycles. The van der Waals surface area contributed by atoms with E-state index in [9.17, 15) is 0 Å². The van der Waals surface area contributed by atoms with Crippen molar-refractivity contribution in [2.24, 2.45) is 0 Å². The highest BCUT2D eigenvalue weighted by Crippen LogP contribution is 2.22. The van der Waals surface area contributed by atoms with Gasteiger partial charge in [0.2, 0.25) is 0 Å². The third kappa shape index (κ3) is 2.96. The minimum atomic E-state index is 0.608. The normalized spacial score (nSPS) is 10.4. The van der Waals surface area contributed by atoms with Crippen LogP contribution in [-0.4, -0.2) is 7.05 Å². The summed E-state index contributed by atoms with van der Waals surface area (Å²) in [5, 5.41) is 0.608. The van der Waals surface area contributed by atoms with Gasteiger partial charge in [0, 0.05) is 19.3 Å². The van der Waals surface area contributed by atoms with Gasteiger partial charge in [0.1, 0.15) is 0 Å².